The highest BCUT2D eigenvalue weighted by Gasteiger charge is 2.16. The van der Waals surface area contributed by atoms with Crippen LogP contribution in [0.2, 0.25) is 0 Å². The summed E-state index contributed by atoms with van der Waals surface area (Å²) >= 11 is 0. The molecule has 0 saturated heterocycles. The van der Waals surface area contributed by atoms with Crippen LogP contribution in [0, 0.1) is 0 Å². The number of hydrogen-bond donors (Lipinski definition) is 2. The van der Waals surface area contributed by atoms with Crippen molar-refractivity contribution in [2.45, 2.75) is 38.8 Å². The molecular weight excluding hydrogens is 278 g/mol. The highest BCUT2D eigenvalue weighted by Crippen LogP contribution is 2.18. The molecule has 0 aliphatic heterocycles. The van der Waals surface area contributed by atoms with Crippen molar-refractivity contribution < 1.29 is 9.53 Å². The van der Waals surface area contributed by atoms with Gasteiger partial charge in [0, 0.05) is 30.4 Å². The molecule has 0 spiro atoms. The van der Waals surface area contributed by atoms with Gasteiger partial charge in [0.05, 0.1) is 0 Å². The van der Waals surface area contributed by atoms with Crippen molar-refractivity contribution in [3.05, 3.63) is 42.2 Å². The van der Waals surface area contributed by atoms with E-state index in [0.717, 1.165) is 16.3 Å². The summed E-state index contributed by atoms with van der Waals surface area (Å²) < 4.78 is 5.19. The van der Waals surface area contributed by atoms with Crippen LogP contribution in [-0.2, 0) is 11.2 Å². The molecule has 2 aromatic rings. The van der Waals surface area contributed by atoms with Crippen molar-refractivity contribution in [2.75, 3.05) is 6.54 Å². The van der Waals surface area contributed by atoms with Crippen molar-refractivity contribution >= 4 is 16.9 Å². The summed E-state index contributed by atoms with van der Waals surface area (Å²) in [5, 5.41) is 4.94. The molecule has 5 nitrogen and oxygen atoms in total. The molecule has 1 unspecified atom stereocenters. The average molecular weight is 301 g/mol. The van der Waals surface area contributed by atoms with Gasteiger partial charge < -0.3 is 15.8 Å². The lowest BCUT2D eigenvalue weighted by molar-refractivity contribution is 0.0524. The van der Waals surface area contributed by atoms with E-state index in [-0.39, 0.29) is 6.04 Å². The molecule has 1 atom stereocenters. The van der Waals surface area contributed by atoms with Crippen LogP contribution in [-0.4, -0.2) is 29.3 Å². The molecule has 1 heterocycles. The first-order chi connectivity index (χ1) is 10.3. The molecule has 0 radical (unpaired) electrons. The molecule has 0 fully saturated rings. The Hall–Kier alpha value is -2.14. The number of pyridine rings is 1. The lowest BCUT2D eigenvalue weighted by Crippen LogP contribution is -2.41. The van der Waals surface area contributed by atoms with E-state index in [1.54, 1.807) is 6.20 Å². The Morgan fingerprint density at radius 1 is 1.36 bits per heavy atom. The van der Waals surface area contributed by atoms with E-state index in [9.17, 15) is 4.79 Å². The fraction of sp³-hybridized carbons (Fsp3) is 0.412. The summed E-state index contributed by atoms with van der Waals surface area (Å²) in [6.45, 7) is 5.86. The molecule has 1 aromatic carbocycles. The Bertz CT molecular complexity index is 644. The van der Waals surface area contributed by atoms with Gasteiger partial charge in [-0.05, 0) is 44.2 Å². The van der Waals surface area contributed by atoms with Gasteiger partial charge in [0.25, 0.3) is 0 Å². The Morgan fingerprint density at radius 3 is 2.86 bits per heavy atom. The van der Waals surface area contributed by atoms with E-state index < -0.39 is 11.7 Å². The normalized spacial score (nSPS) is 12.9. The van der Waals surface area contributed by atoms with Gasteiger partial charge in [-0.3, -0.25) is 4.98 Å². The van der Waals surface area contributed by atoms with E-state index in [0.29, 0.717) is 13.0 Å². The number of carbonyl (C=O) groups is 1. The van der Waals surface area contributed by atoms with Crippen molar-refractivity contribution in [3.8, 4) is 0 Å². The minimum Gasteiger partial charge on any atom is -0.444 e. The second-order valence-corrected chi connectivity index (χ2v) is 6.36. The third kappa shape index (κ3) is 4.70. The number of alkyl carbamates (subject to hydrolysis) is 1. The van der Waals surface area contributed by atoms with Crippen molar-refractivity contribution in [3.63, 3.8) is 0 Å². The molecular formula is C17H23N3O2. The maximum atomic E-state index is 11.6. The van der Waals surface area contributed by atoms with Crippen LogP contribution in [0.1, 0.15) is 26.3 Å². The van der Waals surface area contributed by atoms with Gasteiger partial charge in [-0.15, -0.1) is 0 Å². The minimum absolute atomic E-state index is 0.175. The average Bonchev–Trinajstić information content (AvgIpc) is 2.44. The number of ether oxygens (including phenoxy) is 1. The maximum Gasteiger partial charge on any atom is 0.407 e. The molecule has 2 rings (SSSR count). The number of nitrogens with one attached hydrogen (secondary N) is 1. The van der Waals surface area contributed by atoms with Gasteiger partial charge in [-0.1, -0.05) is 18.2 Å². The predicted molar refractivity (Wildman–Crippen MR) is 87.7 cm³/mol. The third-order valence-electron chi connectivity index (χ3n) is 3.16. The quantitative estimate of drug-likeness (QED) is 0.910. The molecule has 1 aromatic heterocycles. The number of rotatable bonds is 4. The van der Waals surface area contributed by atoms with E-state index in [4.69, 9.17) is 10.5 Å². The molecule has 118 valence electrons. The topological polar surface area (TPSA) is 77.2 Å². The van der Waals surface area contributed by atoms with E-state index in [1.165, 1.54) is 0 Å². The number of nitrogens with zero attached hydrogens (tertiary/aromatic N) is 1. The summed E-state index contributed by atoms with van der Waals surface area (Å²) in [6.07, 6.45) is 3.85. The Morgan fingerprint density at radius 2 is 2.14 bits per heavy atom. The number of benzene rings is 1. The van der Waals surface area contributed by atoms with Crippen LogP contribution < -0.4 is 11.1 Å². The molecule has 0 aliphatic rings. The van der Waals surface area contributed by atoms with Gasteiger partial charge in [-0.25, -0.2) is 4.79 Å². The minimum atomic E-state index is -0.503. The van der Waals surface area contributed by atoms with Gasteiger partial charge in [-0.2, -0.15) is 0 Å². The first-order valence-corrected chi connectivity index (χ1v) is 7.39. The zero-order valence-corrected chi connectivity index (χ0v) is 13.3. The van der Waals surface area contributed by atoms with Gasteiger partial charge in [0.2, 0.25) is 0 Å². The number of carbonyl (C=O) groups excluding carboxylic acids is 1. The number of fused-ring (bicyclic) bond motifs is 1. The van der Waals surface area contributed by atoms with Crippen molar-refractivity contribution in [2.24, 2.45) is 5.73 Å². The summed E-state index contributed by atoms with van der Waals surface area (Å²) in [4.78, 5) is 15.8. The van der Waals surface area contributed by atoms with Crippen LogP contribution in [0.25, 0.3) is 10.8 Å². The van der Waals surface area contributed by atoms with E-state index >= 15 is 0 Å². The first-order valence-electron chi connectivity index (χ1n) is 7.39. The highest BCUT2D eigenvalue weighted by atomic mass is 16.6. The number of amides is 1. The Kier molecular flexibility index (Phi) is 4.98. The SMILES string of the molecule is CC(C)(C)OC(=O)NCC(N)Cc1cccc2cnccc12. The van der Waals surface area contributed by atoms with Crippen LogP contribution in [0.15, 0.2) is 36.7 Å². The van der Waals surface area contributed by atoms with Crippen LogP contribution in [0.5, 0.6) is 0 Å². The zero-order valence-electron chi connectivity index (χ0n) is 13.3. The lowest BCUT2D eigenvalue weighted by atomic mass is 10.0. The van der Waals surface area contributed by atoms with Crippen molar-refractivity contribution in [1.29, 1.82) is 0 Å². The van der Waals surface area contributed by atoms with Gasteiger partial charge >= 0.3 is 6.09 Å². The molecule has 1 amide bonds. The monoisotopic (exact) mass is 301 g/mol. The summed E-state index contributed by atoms with van der Waals surface area (Å²) in [7, 11) is 0. The number of nitrogens with two attached hydrogens (primary N) is 1. The fourth-order valence-corrected chi connectivity index (χ4v) is 2.25. The largest absolute Gasteiger partial charge is 0.444 e. The molecule has 0 saturated carbocycles. The molecule has 3 N–H and O–H groups in total. The van der Waals surface area contributed by atoms with Gasteiger partial charge in [0.15, 0.2) is 0 Å². The highest BCUT2D eigenvalue weighted by molar-refractivity contribution is 5.84. The fourth-order valence-electron chi connectivity index (χ4n) is 2.25. The number of aromatic nitrogens is 1. The summed E-state index contributed by atoms with van der Waals surface area (Å²) in [6, 6.07) is 7.88. The van der Waals surface area contributed by atoms with E-state index in [2.05, 4.69) is 16.4 Å². The zero-order chi connectivity index (χ0) is 16.2. The van der Waals surface area contributed by atoms with E-state index in [1.807, 2.05) is 45.2 Å². The molecule has 0 bridgehead atoms. The lowest BCUT2D eigenvalue weighted by Gasteiger charge is -2.21. The Labute approximate surface area is 130 Å². The van der Waals surface area contributed by atoms with Crippen LogP contribution >= 0.6 is 0 Å². The number of hydrogen-bond acceptors (Lipinski definition) is 4. The molecule has 22 heavy (non-hydrogen) atoms. The second-order valence-electron chi connectivity index (χ2n) is 6.36. The maximum absolute atomic E-state index is 11.6. The second kappa shape index (κ2) is 6.75. The summed E-state index contributed by atoms with van der Waals surface area (Å²) in [5.74, 6) is 0. The Balaban J connectivity index is 1.94. The van der Waals surface area contributed by atoms with Crippen LogP contribution in [0.3, 0.4) is 0 Å². The summed E-state index contributed by atoms with van der Waals surface area (Å²) in [5.41, 5.74) is 6.77. The van der Waals surface area contributed by atoms with Gasteiger partial charge in [0.1, 0.15) is 5.60 Å². The standard InChI is InChI=1S/C17H23N3O2/c1-17(2,3)22-16(21)20-11-14(18)9-12-5-4-6-13-10-19-8-7-15(12)13/h4-8,10,14H,9,11,18H2,1-3H3,(H,20,21). The smallest absolute Gasteiger partial charge is 0.407 e. The van der Waals surface area contributed by atoms with Crippen molar-refractivity contribution in [1.82, 2.24) is 10.3 Å². The third-order valence-corrected chi connectivity index (χ3v) is 3.16. The van der Waals surface area contributed by atoms with Crippen LogP contribution in [0.4, 0.5) is 4.79 Å². The molecule has 5 heteroatoms. The first kappa shape index (κ1) is 16.2. The molecule has 0 aliphatic carbocycles. The predicted octanol–water partition coefficient (Wildman–Crippen LogP) is 2.63.